The van der Waals surface area contributed by atoms with Crippen molar-refractivity contribution in [1.82, 2.24) is 0 Å². The van der Waals surface area contributed by atoms with Gasteiger partial charge in [0.2, 0.25) is 5.91 Å². The molecule has 0 aromatic heterocycles. The van der Waals surface area contributed by atoms with Crippen molar-refractivity contribution in [3.05, 3.63) is 24.3 Å². The first-order valence-electron chi connectivity index (χ1n) is 6.51. The molecule has 1 aromatic rings. The van der Waals surface area contributed by atoms with Gasteiger partial charge in [-0.05, 0) is 36.1 Å². The number of hydrogen-bond donors (Lipinski definition) is 2. The largest absolute Gasteiger partial charge is 0.482 e. The summed E-state index contributed by atoms with van der Waals surface area (Å²) in [6.45, 7) is 5.90. The van der Waals surface area contributed by atoms with Gasteiger partial charge in [-0.15, -0.1) is 0 Å². The molecule has 20 heavy (non-hydrogen) atoms. The van der Waals surface area contributed by atoms with Crippen LogP contribution in [0, 0.1) is 5.41 Å². The Bertz CT molecular complexity index is 460. The maximum atomic E-state index is 11.7. The predicted molar refractivity (Wildman–Crippen MR) is 76.9 cm³/mol. The van der Waals surface area contributed by atoms with E-state index in [1.807, 2.05) is 0 Å². The Morgan fingerprint density at radius 1 is 1.20 bits per heavy atom. The van der Waals surface area contributed by atoms with Crippen molar-refractivity contribution in [3.8, 4) is 5.75 Å². The van der Waals surface area contributed by atoms with Gasteiger partial charge < -0.3 is 15.2 Å². The second-order valence-electron chi connectivity index (χ2n) is 5.82. The molecular formula is C15H21NO4. The molecule has 0 bridgehead atoms. The molecule has 1 rings (SSSR count). The number of carboxylic acids is 1. The summed E-state index contributed by atoms with van der Waals surface area (Å²) in [5, 5.41) is 11.3. The minimum atomic E-state index is -1.02. The highest BCUT2D eigenvalue weighted by atomic mass is 16.5. The molecule has 0 unspecified atom stereocenters. The molecule has 0 saturated heterocycles. The molecule has 1 amide bonds. The second-order valence-corrected chi connectivity index (χ2v) is 5.82. The highest BCUT2D eigenvalue weighted by Crippen LogP contribution is 2.21. The molecule has 2 N–H and O–H groups in total. The van der Waals surface area contributed by atoms with Crippen LogP contribution in [0.4, 0.5) is 5.69 Å². The lowest BCUT2D eigenvalue weighted by atomic mass is 9.90. The predicted octanol–water partition coefficient (Wildman–Crippen LogP) is 2.91. The standard InChI is InChI=1S/C15H21NO4/c1-15(2,3)9-8-13(17)16-11-4-6-12(7-5-11)20-10-14(18)19/h4-7H,8-10H2,1-3H3,(H,16,17)(H,18,19). The van der Waals surface area contributed by atoms with Gasteiger partial charge >= 0.3 is 5.97 Å². The Hall–Kier alpha value is -2.04. The third kappa shape index (κ3) is 6.78. The van der Waals surface area contributed by atoms with E-state index in [1.54, 1.807) is 24.3 Å². The Balaban J connectivity index is 2.44. The van der Waals surface area contributed by atoms with Crippen molar-refractivity contribution in [2.24, 2.45) is 5.41 Å². The van der Waals surface area contributed by atoms with Gasteiger partial charge in [-0.2, -0.15) is 0 Å². The second kappa shape index (κ2) is 6.93. The Morgan fingerprint density at radius 3 is 2.30 bits per heavy atom. The van der Waals surface area contributed by atoms with E-state index in [0.717, 1.165) is 6.42 Å². The monoisotopic (exact) mass is 279 g/mol. The highest BCUT2D eigenvalue weighted by molar-refractivity contribution is 5.90. The summed E-state index contributed by atoms with van der Waals surface area (Å²) in [6, 6.07) is 6.63. The number of benzene rings is 1. The summed E-state index contributed by atoms with van der Waals surface area (Å²) in [5.74, 6) is -0.594. The Labute approximate surface area is 118 Å². The van der Waals surface area contributed by atoms with Gasteiger partial charge in [0.05, 0.1) is 0 Å². The number of carboxylic acid groups (broad SMARTS) is 1. The van der Waals surface area contributed by atoms with E-state index in [2.05, 4.69) is 26.1 Å². The van der Waals surface area contributed by atoms with E-state index in [9.17, 15) is 9.59 Å². The fourth-order valence-electron chi connectivity index (χ4n) is 1.49. The molecule has 0 saturated carbocycles. The van der Waals surface area contributed by atoms with Gasteiger partial charge in [0, 0.05) is 12.1 Å². The number of carbonyl (C=O) groups is 2. The summed E-state index contributed by atoms with van der Waals surface area (Å²) in [5.41, 5.74) is 0.804. The van der Waals surface area contributed by atoms with Crippen LogP contribution >= 0.6 is 0 Å². The van der Waals surface area contributed by atoms with E-state index < -0.39 is 5.97 Å². The minimum Gasteiger partial charge on any atom is -0.482 e. The number of nitrogens with one attached hydrogen (secondary N) is 1. The van der Waals surface area contributed by atoms with Crippen molar-refractivity contribution in [2.45, 2.75) is 33.6 Å². The number of ether oxygens (including phenoxy) is 1. The van der Waals surface area contributed by atoms with Crippen LogP contribution in [0.1, 0.15) is 33.6 Å². The SMILES string of the molecule is CC(C)(C)CCC(=O)Nc1ccc(OCC(=O)O)cc1. The smallest absolute Gasteiger partial charge is 0.341 e. The van der Waals surface area contributed by atoms with E-state index in [1.165, 1.54) is 0 Å². The first kappa shape index (κ1) is 16.0. The van der Waals surface area contributed by atoms with Gasteiger partial charge in [-0.3, -0.25) is 4.79 Å². The zero-order valence-corrected chi connectivity index (χ0v) is 12.1. The van der Waals surface area contributed by atoms with Crippen LogP contribution in [0.25, 0.3) is 0 Å². The Kier molecular flexibility index (Phi) is 5.55. The molecule has 5 nitrogen and oxygen atoms in total. The first-order valence-corrected chi connectivity index (χ1v) is 6.51. The molecule has 5 heteroatoms. The maximum absolute atomic E-state index is 11.7. The van der Waals surface area contributed by atoms with E-state index >= 15 is 0 Å². The average molecular weight is 279 g/mol. The van der Waals surface area contributed by atoms with Crippen LogP contribution in [0.15, 0.2) is 24.3 Å². The lowest BCUT2D eigenvalue weighted by Gasteiger charge is -2.17. The number of hydrogen-bond acceptors (Lipinski definition) is 3. The highest BCUT2D eigenvalue weighted by Gasteiger charge is 2.12. The Morgan fingerprint density at radius 2 is 1.80 bits per heavy atom. The zero-order chi connectivity index (χ0) is 15.2. The van der Waals surface area contributed by atoms with Crippen molar-refractivity contribution >= 4 is 17.6 Å². The molecule has 0 atom stereocenters. The topological polar surface area (TPSA) is 75.6 Å². The lowest BCUT2D eigenvalue weighted by molar-refractivity contribution is -0.139. The van der Waals surface area contributed by atoms with Crippen LogP contribution in [0.3, 0.4) is 0 Å². The van der Waals surface area contributed by atoms with Crippen LogP contribution in [-0.2, 0) is 9.59 Å². The molecule has 110 valence electrons. The molecule has 0 spiro atoms. The van der Waals surface area contributed by atoms with Gasteiger partial charge in [-0.1, -0.05) is 20.8 Å². The molecule has 0 aliphatic rings. The minimum absolute atomic E-state index is 0.0286. The number of carbonyl (C=O) groups excluding carboxylic acids is 1. The normalized spacial score (nSPS) is 10.9. The van der Waals surface area contributed by atoms with Crippen LogP contribution < -0.4 is 10.1 Å². The number of anilines is 1. The van der Waals surface area contributed by atoms with Crippen LogP contribution in [0.2, 0.25) is 0 Å². The summed E-state index contributed by atoms with van der Waals surface area (Å²) < 4.78 is 5.01. The van der Waals surface area contributed by atoms with E-state index in [0.29, 0.717) is 17.9 Å². The lowest BCUT2D eigenvalue weighted by Crippen LogP contribution is -2.15. The molecule has 0 radical (unpaired) electrons. The zero-order valence-electron chi connectivity index (χ0n) is 12.1. The summed E-state index contributed by atoms with van der Waals surface area (Å²) in [7, 11) is 0. The number of aliphatic carboxylic acids is 1. The van der Waals surface area contributed by atoms with E-state index in [-0.39, 0.29) is 17.9 Å². The number of rotatable bonds is 6. The molecular weight excluding hydrogens is 258 g/mol. The van der Waals surface area contributed by atoms with Crippen molar-refractivity contribution in [2.75, 3.05) is 11.9 Å². The summed E-state index contributed by atoms with van der Waals surface area (Å²) >= 11 is 0. The van der Waals surface area contributed by atoms with Crippen LogP contribution in [-0.4, -0.2) is 23.6 Å². The third-order valence-corrected chi connectivity index (χ3v) is 2.60. The number of amides is 1. The molecule has 0 fully saturated rings. The van der Waals surface area contributed by atoms with Gasteiger partial charge in [0.1, 0.15) is 5.75 Å². The molecule has 0 aliphatic heterocycles. The fourth-order valence-corrected chi connectivity index (χ4v) is 1.49. The summed E-state index contributed by atoms with van der Waals surface area (Å²) in [4.78, 5) is 22.1. The van der Waals surface area contributed by atoms with E-state index in [4.69, 9.17) is 9.84 Å². The van der Waals surface area contributed by atoms with Gasteiger partial charge in [0.15, 0.2) is 6.61 Å². The van der Waals surface area contributed by atoms with Crippen molar-refractivity contribution < 1.29 is 19.4 Å². The van der Waals surface area contributed by atoms with Gasteiger partial charge in [-0.25, -0.2) is 4.79 Å². The molecule has 1 aromatic carbocycles. The van der Waals surface area contributed by atoms with Gasteiger partial charge in [0.25, 0.3) is 0 Å². The van der Waals surface area contributed by atoms with Crippen LogP contribution in [0.5, 0.6) is 5.75 Å². The van der Waals surface area contributed by atoms with Crippen molar-refractivity contribution in [3.63, 3.8) is 0 Å². The van der Waals surface area contributed by atoms with Crippen molar-refractivity contribution in [1.29, 1.82) is 0 Å². The fraction of sp³-hybridized carbons (Fsp3) is 0.467. The summed E-state index contributed by atoms with van der Waals surface area (Å²) in [6.07, 6.45) is 1.29. The average Bonchev–Trinajstić information content (AvgIpc) is 2.35. The molecule has 0 heterocycles. The molecule has 0 aliphatic carbocycles. The first-order chi connectivity index (χ1) is 9.26. The maximum Gasteiger partial charge on any atom is 0.341 e. The quantitative estimate of drug-likeness (QED) is 0.839. The third-order valence-electron chi connectivity index (χ3n) is 2.60.